The van der Waals surface area contributed by atoms with Crippen molar-refractivity contribution in [2.45, 2.75) is 50.2 Å². The quantitative estimate of drug-likeness (QED) is 0.930. The molecule has 0 spiro atoms. The lowest BCUT2D eigenvalue weighted by Gasteiger charge is -2.41. The van der Waals surface area contributed by atoms with Gasteiger partial charge in [-0.1, -0.05) is 0 Å². The normalized spacial score (nSPS) is 23.1. The maximum Gasteiger partial charge on any atom is 0.524 e. The molecular formula is C13H19F3N4O. The second-order valence-corrected chi connectivity index (χ2v) is 5.82. The number of piperidine rings is 1. The molecule has 1 aromatic rings. The van der Waals surface area contributed by atoms with Crippen molar-refractivity contribution in [3.63, 3.8) is 0 Å². The number of hydrogen-bond acceptors (Lipinski definition) is 4. The first-order valence-electron chi connectivity index (χ1n) is 7.21. The van der Waals surface area contributed by atoms with Crippen molar-refractivity contribution in [1.82, 2.24) is 9.78 Å². The number of nitrogens with zero attached hydrogens (tertiary/aromatic N) is 3. The van der Waals surface area contributed by atoms with Crippen molar-refractivity contribution < 1.29 is 17.9 Å². The van der Waals surface area contributed by atoms with Gasteiger partial charge in [-0.25, -0.2) is 4.68 Å². The van der Waals surface area contributed by atoms with Gasteiger partial charge in [0.1, 0.15) is 0 Å². The van der Waals surface area contributed by atoms with Gasteiger partial charge in [0.25, 0.3) is 0 Å². The lowest BCUT2D eigenvalue weighted by atomic mass is 9.88. The molecule has 0 atom stereocenters. The van der Waals surface area contributed by atoms with Crippen molar-refractivity contribution in [3.05, 3.63) is 12.4 Å². The van der Waals surface area contributed by atoms with E-state index in [9.17, 15) is 13.2 Å². The van der Waals surface area contributed by atoms with Crippen LogP contribution in [0.1, 0.15) is 32.1 Å². The van der Waals surface area contributed by atoms with E-state index in [1.54, 1.807) is 12.4 Å². The molecule has 2 fully saturated rings. The number of ether oxygens (including phenoxy) is 1. The summed E-state index contributed by atoms with van der Waals surface area (Å²) >= 11 is 0. The molecule has 1 saturated heterocycles. The highest BCUT2D eigenvalue weighted by Gasteiger charge is 2.49. The van der Waals surface area contributed by atoms with Crippen LogP contribution in [0.15, 0.2) is 12.4 Å². The zero-order valence-corrected chi connectivity index (χ0v) is 11.6. The third-order valence-corrected chi connectivity index (χ3v) is 4.33. The van der Waals surface area contributed by atoms with E-state index >= 15 is 0 Å². The predicted octanol–water partition coefficient (Wildman–Crippen LogP) is 2.18. The Labute approximate surface area is 120 Å². The Balaban J connectivity index is 1.74. The van der Waals surface area contributed by atoms with Crippen LogP contribution >= 0.6 is 0 Å². The molecule has 1 aliphatic heterocycles. The highest BCUT2D eigenvalue weighted by atomic mass is 19.4. The van der Waals surface area contributed by atoms with E-state index in [0.29, 0.717) is 19.3 Å². The Morgan fingerprint density at radius 3 is 2.48 bits per heavy atom. The molecule has 0 amide bonds. The Morgan fingerprint density at radius 1 is 1.29 bits per heavy atom. The first-order chi connectivity index (χ1) is 9.88. The van der Waals surface area contributed by atoms with Crippen LogP contribution in [0.4, 0.5) is 18.9 Å². The van der Waals surface area contributed by atoms with E-state index in [1.807, 2.05) is 0 Å². The maximum atomic E-state index is 12.6. The van der Waals surface area contributed by atoms with E-state index in [-0.39, 0.29) is 6.04 Å². The topological polar surface area (TPSA) is 56.3 Å². The molecule has 2 aliphatic rings. The minimum Gasteiger partial charge on any atom is -0.369 e. The second kappa shape index (κ2) is 5.17. The molecule has 0 radical (unpaired) electrons. The summed E-state index contributed by atoms with van der Waals surface area (Å²) in [6, 6.07) is 0.211. The summed E-state index contributed by atoms with van der Waals surface area (Å²) < 4.78 is 43.4. The van der Waals surface area contributed by atoms with Crippen LogP contribution in [0.2, 0.25) is 0 Å². The molecular weight excluding hydrogens is 285 g/mol. The van der Waals surface area contributed by atoms with Crippen molar-refractivity contribution in [3.8, 4) is 0 Å². The molecule has 1 saturated carbocycles. The van der Waals surface area contributed by atoms with Gasteiger partial charge in [0, 0.05) is 19.1 Å². The molecule has 1 aromatic heterocycles. The van der Waals surface area contributed by atoms with Crippen LogP contribution in [0.25, 0.3) is 0 Å². The predicted molar refractivity (Wildman–Crippen MR) is 70.6 cm³/mol. The number of rotatable bonds is 3. The van der Waals surface area contributed by atoms with Gasteiger partial charge in [0.15, 0.2) is 5.72 Å². The van der Waals surface area contributed by atoms with Crippen molar-refractivity contribution in [2.75, 3.05) is 18.0 Å². The van der Waals surface area contributed by atoms with Gasteiger partial charge < -0.3 is 10.6 Å². The van der Waals surface area contributed by atoms with E-state index in [4.69, 9.17) is 5.73 Å². The van der Waals surface area contributed by atoms with Crippen molar-refractivity contribution in [1.29, 1.82) is 0 Å². The van der Waals surface area contributed by atoms with Crippen LogP contribution in [-0.2, 0) is 10.5 Å². The molecule has 0 aromatic carbocycles. The van der Waals surface area contributed by atoms with Crippen molar-refractivity contribution in [2.24, 2.45) is 5.73 Å². The van der Waals surface area contributed by atoms with Crippen molar-refractivity contribution >= 4 is 5.69 Å². The van der Waals surface area contributed by atoms with Gasteiger partial charge >= 0.3 is 6.36 Å². The van der Waals surface area contributed by atoms with Crippen LogP contribution in [0.3, 0.4) is 0 Å². The Bertz CT molecular complexity index is 490. The third-order valence-electron chi connectivity index (χ3n) is 4.33. The first-order valence-corrected chi connectivity index (χ1v) is 7.21. The van der Waals surface area contributed by atoms with Gasteiger partial charge in [-0.3, -0.25) is 4.74 Å². The van der Waals surface area contributed by atoms with Gasteiger partial charge in [-0.15, -0.1) is 13.2 Å². The SMILES string of the molecule is NC1CCN(c2cnn(C3(OC(F)(F)F)CCC3)c2)CC1. The minimum absolute atomic E-state index is 0.211. The molecule has 1 aliphatic carbocycles. The Hall–Kier alpha value is -1.28. The Morgan fingerprint density at radius 2 is 1.95 bits per heavy atom. The summed E-state index contributed by atoms with van der Waals surface area (Å²) in [6.07, 6.45) is 1.76. The summed E-state index contributed by atoms with van der Waals surface area (Å²) in [4.78, 5) is 2.10. The maximum absolute atomic E-state index is 12.6. The molecule has 2 heterocycles. The number of halogens is 3. The smallest absolute Gasteiger partial charge is 0.369 e. The van der Waals surface area contributed by atoms with Crippen LogP contribution in [-0.4, -0.2) is 35.3 Å². The molecule has 0 unspecified atom stereocenters. The van der Waals surface area contributed by atoms with Gasteiger partial charge in [-0.05, 0) is 32.1 Å². The monoisotopic (exact) mass is 304 g/mol. The highest BCUT2D eigenvalue weighted by molar-refractivity contribution is 5.43. The lowest BCUT2D eigenvalue weighted by molar-refractivity contribution is -0.402. The van der Waals surface area contributed by atoms with E-state index < -0.39 is 12.1 Å². The zero-order chi connectivity index (χ0) is 15.1. The average molecular weight is 304 g/mol. The zero-order valence-electron chi connectivity index (χ0n) is 11.6. The second-order valence-electron chi connectivity index (χ2n) is 5.82. The minimum atomic E-state index is -4.65. The van der Waals surface area contributed by atoms with Gasteiger partial charge in [-0.2, -0.15) is 5.10 Å². The first kappa shape index (κ1) is 14.6. The van der Waals surface area contributed by atoms with E-state index in [2.05, 4.69) is 14.7 Å². The van der Waals surface area contributed by atoms with Crippen LogP contribution in [0.5, 0.6) is 0 Å². The van der Waals surface area contributed by atoms with Gasteiger partial charge in [0.05, 0.1) is 18.1 Å². The molecule has 3 rings (SSSR count). The number of nitrogens with two attached hydrogens (primary N) is 1. The van der Waals surface area contributed by atoms with Crippen LogP contribution < -0.4 is 10.6 Å². The lowest BCUT2D eigenvalue weighted by Crippen LogP contribution is -2.47. The summed E-state index contributed by atoms with van der Waals surface area (Å²) in [5.74, 6) is 0. The molecule has 5 nitrogen and oxygen atoms in total. The fourth-order valence-corrected chi connectivity index (χ4v) is 2.93. The molecule has 118 valence electrons. The largest absolute Gasteiger partial charge is 0.524 e. The standard InChI is InChI=1S/C13H19F3N4O/c14-13(15,16)21-12(4-1-5-12)20-9-11(8-18-20)19-6-2-10(17)3-7-19/h8-10H,1-7,17H2. The number of alkyl halides is 3. The van der Waals surface area contributed by atoms with Gasteiger partial charge in [0.2, 0.25) is 0 Å². The number of aromatic nitrogens is 2. The average Bonchev–Trinajstić information content (AvgIpc) is 2.83. The molecule has 21 heavy (non-hydrogen) atoms. The fourth-order valence-electron chi connectivity index (χ4n) is 2.93. The summed E-state index contributed by atoms with van der Waals surface area (Å²) in [5, 5.41) is 4.11. The highest BCUT2D eigenvalue weighted by Crippen LogP contribution is 2.44. The summed E-state index contributed by atoms with van der Waals surface area (Å²) in [7, 11) is 0. The van der Waals surface area contributed by atoms with E-state index in [1.165, 1.54) is 4.68 Å². The number of hydrogen-bond donors (Lipinski definition) is 1. The third kappa shape index (κ3) is 3.01. The summed E-state index contributed by atoms with van der Waals surface area (Å²) in [6.45, 7) is 1.61. The molecule has 2 N–H and O–H groups in total. The fraction of sp³-hybridized carbons (Fsp3) is 0.769. The van der Waals surface area contributed by atoms with E-state index in [0.717, 1.165) is 31.6 Å². The van der Waals surface area contributed by atoms with Crippen LogP contribution in [0, 0.1) is 0 Å². The Kier molecular flexibility index (Phi) is 3.61. The number of anilines is 1. The molecule has 8 heteroatoms. The summed E-state index contributed by atoms with van der Waals surface area (Å²) in [5.41, 5.74) is 5.33. The molecule has 0 bridgehead atoms.